The molecule has 3 aromatic carbocycles. The molecule has 0 radical (unpaired) electrons. The van der Waals surface area contributed by atoms with Crippen LogP contribution < -0.4 is 14.4 Å². The predicted molar refractivity (Wildman–Crippen MR) is 127 cm³/mol. The number of benzene rings is 3. The van der Waals surface area contributed by atoms with Crippen molar-refractivity contribution in [1.82, 2.24) is 5.32 Å². The number of aryl methyl sites for hydroxylation is 3. The number of ether oxygens (including phenoxy) is 1. The van der Waals surface area contributed by atoms with Crippen molar-refractivity contribution in [2.45, 2.75) is 25.7 Å². The summed E-state index contributed by atoms with van der Waals surface area (Å²) in [7, 11) is -4.09. The first-order valence-corrected chi connectivity index (χ1v) is 11.9. The Morgan fingerprint density at radius 3 is 2.24 bits per heavy atom. The molecule has 3 aromatic rings. The molecule has 0 spiro atoms. The van der Waals surface area contributed by atoms with Crippen molar-refractivity contribution < 1.29 is 22.3 Å². The fourth-order valence-electron chi connectivity index (χ4n) is 3.16. The van der Waals surface area contributed by atoms with E-state index in [9.17, 15) is 17.6 Å². The minimum Gasteiger partial charge on any atom is -0.491 e. The van der Waals surface area contributed by atoms with Crippen LogP contribution in [0.15, 0.2) is 71.6 Å². The van der Waals surface area contributed by atoms with Crippen LogP contribution in [-0.2, 0) is 14.8 Å². The number of hydrogen-bond acceptors (Lipinski definition) is 4. The van der Waals surface area contributed by atoms with Crippen LogP contribution in [-0.4, -0.2) is 34.0 Å². The molecule has 0 saturated heterocycles. The number of rotatable bonds is 9. The molecule has 0 atom stereocenters. The maximum Gasteiger partial charge on any atom is 0.264 e. The highest BCUT2D eigenvalue weighted by Crippen LogP contribution is 2.24. The molecule has 1 N–H and O–H groups in total. The summed E-state index contributed by atoms with van der Waals surface area (Å²) >= 11 is 0. The normalized spacial score (nSPS) is 11.2. The molecule has 0 saturated carbocycles. The van der Waals surface area contributed by atoms with Gasteiger partial charge >= 0.3 is 0 Å². The highest BCUT2D eigenvalue weighted by molar-refractivity contribution is 7.92. The number of hydrogen-bond donors (Lipinski definition) is 1. The van der Waals surface area contributed by atoms with Gasteiger partial charge in [0.15, 0.2) is 0 Å². The van der Waals surface area contributed by atoms with E-state index in [1.54, 1.807) is 24.3 Å². The van der Waals surface area contributed by atoms with Crippen molar-refractivity contribution in [1.29, 1.82) is 0 Å². The van der Waals surface area contributed by atoms with E-state index < -0.39 is 28.3 Å². The van der Waals surface area contributed by atoms with Gasteiger partial charge in [0.25, 0.3) is 10.0 Å². The lowest BCUT2D eigenvalue weighted by atomic mass is 10.1. The topological polar surface area (TPSA) is 75.7 Å². The Bertz CT molecular complexity index is 1210. The first-order chi connectivity index (χ1) is 15.7. The first kappa shape index (κ1) is 24.3. The number of nitrogens with zero attached hydrogens (tertiary/aromatic N) is 1. The van der Waals surface area contributed by atoms with Crippen molar-refractivity contribution in [2.24, 2.45) is 0 Å². The summed E-state index contributed by atoms with van der Waals surface area (Å²) < 4.78 is 46.6. The van der Waals surface area contributed by atoms with E-state index in [2.05, 4.69) is 5.32 Å². The molecule has 6 nitrogen and oxygen atoms in total. The van der Waals surface area contributed by atoms with Gasteiger partial charge in [-0.1, -0.05) is 29.8 Å². The summed E-state index contributed by atoms with van der Waals surface area (Å²) in [5.74, 6) is -0.285. The zero-order valence-corrected chi connectivity index (χ0v) is 19.7. The van der Waals surface area contributed by atoms with Crippen LogP contribution >= 0.6 is 0 Å². The minimum absolute atomic E-state index is 0.101. The van der Waals surface area contributed by atoms with E-state index in [1.807, 2.05) is 39.0 Å². The second-order valence-corrected chi connectivity index (χ2v) is 9.63. The van der Waals surface area contributed by atoms with Crippen molar-refractivity contribution in [2.75, 3.05) is 24.0 Å². The molecule has 0 aromatic heterocycles. The number of anilines is 1. The predicted octanol–water partition coefficient (Wildman–Crippen LogP) is 4.14. The van der Waals surface area contributed by atoms with Crippen LogP contribution in [0.3, 0.4) is 0 Å². The van der Waals surface area contributed by atoms with Gasteiger partial charge in [-0.2, -0.15) is 0 Å². The van der Waals surface area contributed by atoms with E-state index in [4.69, 9.17) is 4.74 Å². The van der Waals surface area contributed by atoms with Gasteiger partial charge in [-0.3, -0.25) is 9.10 Å². The van der Waals surface area contributed by atoms with Gasteiger partial charge in [0.1, 0.15) is 24.7 Å². The molecule has 33 heavy (non-hydrogen) atoms. The Hall–Kier alpha value is -3.39. The number of halogens is 1. The summed E-state index contributed by atoms with van der Waals surface area (Å²) in [5.41, 5.74) is 3.35. The van der Waals surface area contributed by atoms with E-state index in [-0.39, 0.29) is 18.0 Å². The molecule has 0 aliphatic heterocycles. The van der Waals surface area contributed by atoms with E-state index in [0.717, 1.165) is 38.9 Å². The van der Waals surface area contributed by atoms with E-state index in [0.29, 0.717) is 5.69 Å². The molecule has 0 fully saturated rings. The molecule has 0 heterocycles. The molecular formula is C25H27FN2O4S. The van der Waals surface area contributed by atoms with Crippen LogP contribution in [0.4, 0.5) is 10.1 Å². The number of sulfonamides is 1. The van der Waals surface area contributed by atoms with Gasteiger partial charge in [-0.15, -0.1) is 0 Å². The van der Waals surface area contributed by atoms with Crippen LogP contribution in [0.5, 0.6) is 5.75 Å². The van der Waals surface area contributed by atoms with Gasteiger partial charge < -0.3 is 10.1 Å². The minimum atomic E-state index is -4.09. The third-order valence-corrected chi connectivity index (χ3v) is 6.82. The summed E-state index contributed by atoms with van der Waals surface area (Å²) in [6.07, 6.45) is 0. The van der Waals surface area contributed by atoms with Crippen molar-refractivity contribution in [3.63, 3.8) is 0 Å². The molecule has 3 rings (SSSR count). The molecule has 0 aliphatic carbocycles. The Morgan fingerprint density at radius 2 is 1.58 bits per heavy atom. The van der Waals surface area contributed by atoms with Crippen molar-refractivity contribution >= 4 is 21.6 Å². The van der Waals surface area contributed by atoms with Gasteiger partial charge in [0.05, 0.1) is 17.1 Å². The monoisotopic (exact) mass is 470 g/mol. The number of amides is 1. The van der Waals surface area contributed by atoms with E-state index in [1.165, 1.54) is 12.1 Å². The van der Waals surface area contributed by atoms with Crippen molar-refractivity contribution in [3.8, 4) is 5.75 Å². The fourth-order valence-corrected chi connectivity index (χ4v) is 4.58. The fraction of sp³-hybridized carbons (Fsp3) is 0.240. The lowest BCUT2D eigenvalue weighted by Gasteiger charge is -2.24. The molecule has 0 bridgehead atoms. The molecule has 0 unspecified atom stereocenters. The maximum absolute atomic E-state index is 13.3. The number of nitrogens with one attached hydrogen (secondary N) is 1. The van der Waals surface area contributed by atoms with Crippen LogP contribution in [0, 0.1) is 26.6 Å². The summed E-state index contributed by atoms with van der Waals surface area (Å²) in [5, 5.41) is 2.70. The van der Waals surface area contributed by atoms with Crippen LogP contribution in [0.25, 0.3) is 0 Å². The van der Waals surface area contributed by atoms with Crippen LogP contribution in [0.2, 0.25) is 0 Å². The van der Waals surface area contributed by atoms with E-state index >= 15 is 0 Å². The lowest BCUT2D eigenvalue weighted by Crippen LogP contribution is -2.42. The lowest BCUT2D eigenvalue weighted by molar-refractivity contribution is -0.119. The Morgan fingerprint density at radius 1 is 0.939 bits per heavy atom. The summed E-state index contributed by atoms with van der Waals surface area (Å²) in [6, 6.07) is 17.2. The Kier molecular flexibility index (Phi) is 7.71. The first-order valence-electron chi connectivity index (χ1n) is 10.5. The smallest absolute Gasteiger partial charge is 0.264 e. The zero-order valence-electron chi connectivity index (χ0n) is 18.8. The van der Waals surface area contributed by atoms with Crippen LogP contribution in [0.1, 0.15) is 16.7 Å². The van der Waals surface area contributed by atoms with Gasteiger partial charge in [-0.25, -0.2) is 12.8 Å². The molecule has 8 heteroatoms. The van der Waals surface area contributed by atoms with Gasteiger partial charge in [0.2, 0.25) is 5.91 Å². The molecule has 1 amide bonds. The SMILES string of the molecule is Cc1ccc(N(CC(=O)NCCOc2cc(C)ccc2C)S(=O)(=O)c2ccc(F)cc2)cc1. The van der Waals surface area contributed by atoms with Gasteiger partial charge in [0, 0.05) is 0 Å². The average molecular weight is 471 g/mol. The quantitative estimate of drug-likeness (QED) is 0.477. The Labute approximate surface area is 194 Å². The van der Waals surface area contributed by atoms with Gasteiger partial charge in [-0.05, 0) is 74.4 Å². The largest absolute Gasteiger partial charge is 0.491 e. The van der Waals surface area contributed by atoms with Crippen molar-refractivity contribution in [3.05, 3.63) is 89.2 Å². The highest BCUT2D eigenvalue weighted by atomic mass is 32.2. The summed E-state index contributed by atoms with van der Waals surface area (Å²) in [6.45, 7) is 5.82. The zero-order chi connectivity index (χ0) is 24.0. The maximum atomic E-state index is 13.3. The Balaban J connectivity index is 1.70. The number of carbonyl (C=O) groups excluding carboxylic acids is 1. The third kappa shape index (κ3) is 6.32. The summed E-state index contributed by atoms with van der Waals surface area (Å²) in [4.78, 5) is 12.5. The number of carbonyl (C=O) groups is 1. The standard InChI is InChI=1S/C25H27FN2O4S/c1-18-5-10-22(11-6-18)28(33(30,31)23-12-8-21(26)9-13-23)17-25(29)27-14-15-32-24-16-19(2)4-7-20(24)3/h4-13,16H,14-15,17H2,1-3H3,(H,27,29). The molecular weight excluding hydrogens is 443 g/mol. The third-order valence-electron chi connectivity index (χ3n) is 5.04. The average Bonchev–Trinajstić information content (AvgIpc) is 2.78. The molecule has 174 valence electrons. The second kappa shape index (κ2) is 10.5. The highest BCUT2D eigenvalue weighted by Gasteiger charge is 2.27. The second-order valence-electron chi connectivity index (χ2n) is 7.77. The molecule has 0 aliphatic rings.